The summed E-state index contributed by atoms with van der Waals surface area (Å²) in [6.45, 7) is 12.1. The molecule has 0 radical (unpaired) electrons. The maximum atomic E-state index is 3.94. The predicted molar refractivity (Wildman–Crippen MR) is 48.9 cm³/mol. The normalized spacial score (nSPS) is 7.09. The fourth-order valence-electron chi connectivity index (χ4n) is 0. The Balaban J connectivity index is -0.0000000933. The van der Waals surface area contributed by atoms with Gasteiger partial charge in [-0.25, -0.2) is 0 Å². The SMILES string of the molecule is CC(C)[N]=[Nb].C[CH-]C.C[CH-]C. The fraction of sp³-hybridized carbons (Fsp3) is 0.778. The van der Waals surface area contributed by atoms with Crippen LogP contribution in [0.1, 0.15) is 41.5 Å². The zero-order chi connectivity index (χ0) is 9.70. The van der Waals surface area contributed by atoms with Gasteiger partial charge < -0.3 is 12.8 Å². The summed E-state index contributed by atoms with van der Waals surface area (Å²) in [4.78, 5) is 0. The van der Waals surface area contributed by atoms with Gasteiger partial charge in [0.2, 0.25) is 0 Å². The molecule has 0 N–H and O–H groups in total. The summed E-state index contributed by atoms with van der Waals surface area (Å²) < 4.78 is 3.94. The predicted octanol–water partition coefficient (Wildman–Crippen LogP) is 3.59. The van der Waals surface area contributed by atoms with Crippen LogP contribution < -0.4 is 0 Å². The van der Waals surface area contributed by atoms with Gasteiger partial charge in [0.25, 0.3) is 0 Å². The molecule has 0 atom stereocenters. The van der Waals surface area contributed by atoms with Gasteiger partial charge >= 0.3 is 44.1 Å². The largest absolute Gasteiger partial charge is 0.335 e. The van der Waals surface area contributed by atoms with E-state index in [0.29, 0.717) is 6.04 Å². The summed E-state index contributed by atoms with van der Waals surface area (Å²) >= 11 is 1.53. The molecule has 0 rings (SSSR count). The summed E-state index contributed by atoms with van der Waals surface area (Å²) in [7, 11) is 0. The Labute approximate surface area is 84.8 Å². The first-order valence-electron chi connectivity index (χ1n) is 3.92. The number of nitrogens with zero attached hydrogens (tertiary/aromatic N) is 1. The molecule has 2 heteroatoms. The van der Waals surface area contributed by atoms with Crippen LogP contribution in [0.2, 0.25) is 0 Å². The van der Waals surface area contributed by atoms with Crippen molar-refractivity contribution < 1.29 is 20.9 Å². The number of hydrogen-bond acceptors (Lipinski definition) is 1. The van der Waals surface area contributed by atoms with E-state index < -0.39 is 0 Å². The van der Waals surface area contributed by atoms with Crippen LogP contribution in [0.4, 0.5) is 0 Å². The summed E-state index contributed by atoms with van der Waals surface area (Å²) in [6, 6.07) is 0.531. The van der Waals surface area contributed by atoms with Gasteiger partial charge in [-0.1, -0.05) is 0 Å². The van der Waals surface area contributed by atoms with Crippen molar-refractivity contribution in [1.82, 2.24) is 0 Å². The fourth-order valence-corrected chi connectivity index (χ4v) is 0. The molecule has 0 saturated heterocycles. The van der Waals surface area contributed by atoms with Gasteiger partial charge in [0.1, 0.15) is 0 Å². The van der Waals surface area contributed by atoms with Crippen LogP contribution in [0.25, 0.3) is 0 Å². The molecule has 0 aromatic rings. The summed E-state index contributed by atoms with van der Waals surface area (Å²) in [5.41, 5.74) is 0. The summed E-state index contributed by atoms with van der Waals surface area (Å²) in [5.74, 6) is 0. The second-order valence-electron chi connectivity index (χ2n) is 2.36. The molecular formula is C9H21NNb-2. The van der Waals surface area contributed by atoms with Crippen molar-refractivity contribution in [2.24, 2.45) is 3.34 Å². The smallest absolute Gasteiger partial charge is 0.192 e. The molecule has 0 aliphatic heterocycles. The van der Waals surface area contributed by atoms with Crippen molar-refractivity contribution in [3.8, 4) is 0 Å². The van der Waals surface area contributed by atoms with Crippen molar-refractivity contribution in [2.45, 2.75) is 47.6 Å². The molecule has 0 aromatic heterocycles. The third-order valence-corrected chi connectivity index (χ3v) is 1.37. The Morgan fingerprint density at radius 1 is 1.00 bits per heavy atom. The van der Waals surface area contributed by atoms with E-state index in [1.165, 1.54) is 20.9 Å². The van der Waals surface area contributed by atoms with Gasteiger partial charge in [0.15, 0.2) is 0 Å². The minimum absolute atomic E-state index is 0.531. The van der Waals surface area contributed by atoms with E-state index in [-0.39, 0.29) is 0 Å². The first-order valence-corrected chi connectivity index (χ1v) is 4.91. The van der Waals surface area contributed by atoms with Crippen molar-refractivity contribution in [2.75, 3.05) is 0 Å². The molecule has 0 spiro atoms. The topological polar surface area (TPSA) is 12.4 Å². The van der Waals surface area contributed by atoms with E-state index in [1.54, 1.807) is 0 Å². The Morgan fingerprint density at radius 2 is 1.09 bits per heavy atom. The third-order valence-electron chi connectivity index (χ3n) is 0.231. The third kappa shape index (κ3) is 119. The van der Waals surface area contributed by atoms with E-state index in [0.717, 1.165) is 0 Å². The molecule has 11 heavy (non-hydrogen) atoms. The Hall–Kier alpha value is 0.540. The van der Waals surface area contributed by atoms with Crippen LogP contribution in [0.15, 0.2) is 3.34 Å². The van der Waals surface area contributed by atoms with Crippen LogP contribution in [0.3, 0.4) is 0 Å². The standard InChI is InChI=1S/C3H7N.2C3H7.Nb/c1-3(2)4;2*1-3-2;/h3H,1-2H3;2*3H,1-2H3;/q;2*-1;. The second kappa shape index (κ2) is 22.4. The molecule has 0 aliphatic rings. The van der Waals surface area contributed by atoms with Crippen LogP contribution in [-0.2, 0) is 20.9 Å². The number of rotatable bonds is 1. The average Bonchev–Trinajstić information content (AvgIpc) is 1.91. The molecule has 0 bridgehead atoms. The Kier molecular flexibility index (Phi) is 35.8. The zero-order valence-electron chi connectivity index (χ0n) is 8.63. The van der Waals surface area contributed by atoms with Crippen molar-refractivity contribution in [3.63, 3.8) is 0 Å². The van der Waals surface area contributed by atoms with Crippen molar-refractivity contribution in [1.29, 1.82) is 0 Å². The Bertz CT molecular complexity index is 51.5. The van der Waals surface area contributed by atoms with E-state index in [4.69, 9.17) is 0 Å². The van der Waals surface area contributed by atoms with E-state index in [1.807, 2.05) is 40.5 Å². The molecule has 0 fully saturated rings. The summed E-state index contributed by atoms with van der Waals surface area (Å²) in [5, 5.41) is 0. The van der Waals surface area contributed by atoms with Crippen LogP contribution in [0.5, 0.6) is 0 Å². The second-order valence-corrected chi connectivity index (χ2v) is 2.93. The Morgan fingerprint density at radius 3 is 1.09 bits per heavy atom. The van der Waals surface area contributed by atoms with Gasteiger partial charge in [0.05, 0.1) is 0 Å². The molecular weight excluding hydrogens is 215 g/mol. The molecule has 0 amide bonds. The van der Waals surface area contributed by atoms with E-state index >= 15 is 0 Å². The zero-order valence-corrected chi connectivity index (χ0v) is 10.8. The minimum atomic E-state index is 0.531. The quantitative estimate of drug-likeness (QED) is 0.487. The minimum Gasteiger partial charge on any atom is -0.335 e. The molecule has 0 unspecified atom stereocenters. The van der Waals surface area contributed by atoms with Gasteiger partial charge in [-0.2, -0.15) is 27.7 Å². The van der Waals surface area contributed by atoms with Crippen LogP contribution in [0, 0.1) is 12.8 Å². The maximum absolute atomic E-state index is 3.94. The number of hydrogen-bond donors (Lipinski definition) is 0. The molecule has 0 aromatic carbocycles. The summed E-state index contributed by atoms with van der Waals surface area (Å²) in [6.07, 6.45) is 4.00. The molecule has 69 valence electrons. The van der Waals surface area contributed by atoms with Crippen LogP contribution in [-0.4, -0.2) is 6.04 Å². The molecule has 0 saturated carbocycles. The molecule has 0 heterocycles. The van der Waals surface area contributed by atoms with Gasteiger partial charge in [0, 0.05) is 0 Å². The van der Waals surface area contributed by atoms with Crippen molar-refractivity contribution in [3.05, 3.63) is 12.8 Å². The molecule has 0 aliphatic carbocycles. The first-order chi connectivity index (χ1) is 5.10. The van der Waals surface area contributed by atoms with Gasteiger partial charge in [-0.05, 0) is 0 Å². The average molecular weight is 236 g/mol. The van der Waals surface area contributed by atoms with E-state index in [9.17, 15) is 0 Å². The van der Waals surface area contributed by atoms with E-state index in [2.05, 4.69) is 17.2 Å². The first kappa shape index (κ1) is 17.6. The van der Waals surface area contributed by atoms with Gasteiger partial charge in [-0.15, -0.1) is 0 Å². The molecule has 1 nitrogen and oxygen atoms in total. The van der Waals surface area contributed by atoms with Crippen molar-refractivity contribution >= 4 is 0 Å². The maximum Gasteiger partial charge on any atom is -0.192 e. The van der Waals surface area contributed by atoms with Gasteiger partial charge in [-0.3, -0.25) is 0 Å². The monoisotopic (exact) mass is 236 g/mol. The van der Waals surface area contributed by atoms with Crippen LogP contribution >= 0.6 is 0 Å².